The van der Waals surface area contributed by atoms with Crippen LogP contribution >= 0.6 is 11.6 Å². The van der Waals surface area contributed by atoms with E-state index >= 15 is 0 Å². The highest BCUT2D eigenvalue weighted by molar-refractivity contribution is 7.92. The van der Waals surface area contributed by atoms with Gasteiger partial charge in [-0.3, -0.25) is 4.79 Å². The van der Waals surface area contributed by atoms with Crippen LogP contribution in [0.25, 0.3) is 16.9 Å². The normalized spacial score (nSPS) is 11.7. The Balaban J connectivity index is 2.09. The van der Waals surface area contributed by atoms with Crippen molar-refractivity contribution in [1.82, 2.24) is 9.78 Å². The second kappa shape index (κ2) is 7.92. The topological polar surface area (TPSA) is 72.3 Å². The van der Waals surface area contributed by atoms with Gasteiger partial charge in [0.25, 0.3) is 6.43 Å². The van der Waals surface area contributed by atoms with Crippen LogP contribution in [0.4, 0.5) is 14.5 Å². The van der Waals surface area contributed by atoms with E-state index in [1.54, 1.807) is 24.3 Å². The van der Waals surface area contributed by atoms with Crippen molar-refractivity contribution >= 4 is 33.2 Å². The fourth-order valence-corrected chi connectivity index (χ4v) is 3.96. The third-order valence-electron chi connectivity index (χ3n) is 4.04. The second-order valence-electron chi connectivity index (χ2n) is 6.24. The summed E-state index contributed by atoms with van der Waals surface area (Å²) in [6.45, 7) is 1.14. The molecule has 0 fully saturated rings. The van der Waals surface area contributed by atoms with Crippen molar-refractivity contribution in [3.63, 3.8) is 0 Å². The Hall–Kier alpha value is -2.78. The van der Waals surface area contributed by atoms with E-state index in [-0.39, 0.29) is 5.69 Å². The Kier molecular flexibility index (Phi) is 5.72. The summed E-state index contributed by atoms with van der Waals surface area (Å²) < 4.78 is 52.2. The SMILES string of the molecule is CC(=O)N(c1ccc(-c2cc(C(F)F)nn2-c2ccc(Cl)cc2)cc1)S(C)(=O)=O. The van der Waals surface area contributed by atoms with E-state index in [9.17, 15) is 22.0 Å². The van der Waals surface area contributed by atoms with E-state index in [0.29, 0.717) is 26.3 Å². The van der Waals surface area contributed by atoms with Gasteiger partial charge in [0.15, 0.2) is 0 Å². The summed E-state index contributed by atoms with van der Waals surface area (Å²) in [4.78, 5) is 11.7. The van der Waals surface area contributed by atoms with E-state index in [4.69, 9.17) is 11.6 Å². The highest BCUT2D eigenvalue weighted by atomic mass is 35.5. The lowest BCUT2D eigenvalue weighted by atomic mass is 10.1. The van der Waals surface area contributed by atoms with Crippen LogP contribution in [0.15, 0.2) is 54.6 Å². The number of aromatic nitrogens is 2. The molecule has 10 heteroatoms. The average molecular weight is 440 g/mol. The van der Waals surface area contributed by atoms with E-state index in [0.717, 1.165) is 13.2 Å². The summed E-state index contributed by atoms with van der Waals surface area (Å²) >= 11 is 5.89. The highest BCUT2D eigenvalue weighted by Crippen LogP contribution is 2.30. The molecule has 3 aromatic rings. The number of alkyl halides is 2. The van der Waals surface area contributed by atoms with E-state index < -0.39 is 28.0 Å². The van der Waals surface area contributed by atoms with Crippen LogP contribution in [-0.2, 0) is 14.8 Å². The molecular formula is C19H16ClF2N3O3S. The largest absolute Gasteiger partial charge is 0.282 e. The molecule has 3 rings (SSSR count). The van der Waals surface area contributed by atoms with Crippen LogP contribution in [0.3, 0.4) is 0 Å². The predicted molar refractivity (Wildman–Crippen MR) is 107 cm³/mol. The monoisotopic (exact) mass is 439 g/mol. The fraction of sp³-hybridized carbons (Fsp3) is 0.158. The van der Waals surface area contributed by atoms with Crippen molar-refractivity contribution in [3.8, 4) is 16.9 Å². The van der Waals surface area contributed by atoms with Crippen LogP contribution in [0.2, 0.25) is 5.02 Å². The van der Waals surface area contributed by atoms with Crippen molar-refractivity contribution in [2.45, 2.75) is 13.3 Å². The first-order valence-electron chi connectivity index (χ1n) is 8.33. The first kappa shape index (κ1) is 20.9. The number of anilines is 1. The zero-order chi connectivity index (χ0) is 21.3. The lowest BCUT2D eigenvalue weighted by Crippen LogP contribution is -2.34. The number of halogens is 3. The van der Waals surface area contributed by atoms with E-state index in [1.165, 1.54) is 35.0 Å². The van der Waals surface area contributed by atoms with E-state index in [2.05, 4.69) is 5.10 Å². The molecule has 0 aliphatic carbocycles. The number of hydrogen-bond donors (Lipinski definition) is 0. The molecule has 29 heavy (non-hydrogen) atoms. The smallest absolute Gasteiger partial charge is 0.274 e. The number of carbonyl (C=O) groups is 1. The summed E-state index contributed by atoms with van der Waals surface area (Å²) in [6, 6.07) is 13.7. The number of rotatable bonds is 5. The molecule has 0 atom stereocenters. The summed E-state index contributed by atoms with van der Waals surface area (Å²) in [5.74, 6) is -0.661. The first-order chi connectivity index (χ1) is 13.6. The van der Waals surface area contributed by atoms with Gasteiger partial charge in [-0.15, -0.1) is 0 Å². The van der Waals surface area contributed by atoms with Crippen LogP contribution in [0.1, 0.15) is 19.0 Å². The van der Waals surface area contributed by atoms with Gasteiger partial charge in [0, 0.05) is 17.5 Å². The van der Waals surface area contributed by atoms with Gasteiger partial charge in [-0.25, -0.2) is 26.2 Å². The molecule has 0 radical (unpaired) electrons. The summed E-state index contributed by atoms with van der Waals surface area (Å²) in [5.41, 5.74) is 1.17. The van der Waals surface area contributed by atoms with Crippen LogP contribution in [0.5, 0.6) is 0 Å². The van der Waals surface area contributed by atoms with Gasteiger partial charge in [0.1, 0.15) is 5.69 Å². The van der Waals surface area contributed by atoms with Crippen molar-refractivity contribution in [3.05, 3.63) is 65.3 Å². The fourth-order valence-electron chi connectivity index (χ4n) is 2.87. The first-order valence-corrected chi connectivity index (χ1v) is 10.6. The number of benzene rings is 2. The Morgan fingerprint density at radius 2 is 1.69 bits per heavy atom. The molecule has 6 nitrogen and oxygen atoms in total. The minimum Gasteiger partial charge on any atom is -0.274 e. The zero-order valence-electron chi connectivity index (χ0n) is 15.4. The number of sulfonamides is 1. The average Bonchev–Trinajstić information content (AvgIpc) is 3.07. The Morgan fingerprint density at radius 3 is 2.17 bits per heavy atom. The molecule has 0 N–H and O–H groups in total. The molecule has 2 aromatic carbocycles. The molecule has 0 saturated heterocycles. The standard InChI is InChI=1S/C19H16ClF2N3O3S/c1-12(26)25(29(2,27)28)16-7-3-13(4-8-16)18-11-17(19(21)22)23-24(18)15-9-5-14(20)6-10-15/h3-11,19H,1-2H3. The van der Waals surface area contributed by atoms with E-state index in [1.807, 2.05) is 0 Å². The van der Waals surface area contributed by atoms with Gasteiger partial charge in [-0.2, -0.15) is 5.10 Å². The van der Waals surface area contributed by atoms with Crippen molar-refractivity contribution in [2.24, 2.45) is 0 Å². The van der Waals surface area contributed by atoms with Gasteiger partial charge in [0.2, 0.25) is 15.9 Å². The molecule has 1 aromatic heterocycles. The predicted octanol–water partition coefficient (Wildman–Crippen LogP) is 4.44. The molecule has 0 aliphatic rings. The van der Waals surface area contributed by atoms with Crippen molar-refractivity contribution < 1.29 is 22.0 Å². The lowest BCUT2D eigenvalue weighted by Gasteiger charge is -2.18. The summed E-state index contributed by atoms with van der Waals surface area (Å²) in [6.07, 6.45) is -1.84. The van der Waals surface area contributed by atoms with Crippen molar-refractivity contribution in [1.29, 1.82) is 0 Å². The molecule has 152 valence electrons. The van der Waals surface area contributed by atoms with Gasteiger partial charge in [-0.05, 0) is 42.5 Å². The van der Waals surface area contributed by atoms with Crippen LogP contribution < -0.4 is 4.31 Å². The number of hydrogen-bond acceptors (Lipinski definition) is 4. The summed E-state index contributed by atoms with van der Waals surface area (Å²) in [5, 5.41) is 4.47. The molecule has 1 heterocycles. The molecule has 0 aliphatic heterocycles. The Morgan fingerprint density at radius 1 is 1.10 bits per heavy atom. The molecule has 0 unspecified atom stereocenters. The number of carbonyl (C=O) groups excluding carboxylic acids is 1. The molecule has 1 amide bonds. The molecule has 0 spiro atoms. The van der Waals surface area contributed by atoms with Gasteiger partial charge in [-0.1, -0.05) is 23.7 Å². The Labute approximate surface area is 171 Å². The van der Waals surface area contributed by atoms with Crippen LogP contribution in [-0.4, -0.2) is 30.4 Å². The number of nitrogens with zero attached hydrogens (tertiary/aromatic N) is 3. The quantitative estimate of drug-likeness (QED) is 0.589. The summed E-state index contributed by atoms with van der Waals surface area (Å²) in [7, 11) is -3.80. The molecular weight excluding hydrogens is 424 g/mol. The maximum absolute atomic E-state index is 13.2. The number of amides is 1. The highest BCUT2D eigenvalue weighted by Gasteiger charge is 2.23. The van der Waals surface area contributed by atoms with Crippen molar-refractivity contribution in [2.75, 3.05) is 10.6 Å². The molecule has 0 saturated carbocycles. The zero-order valence-corrected chi connectivity index (χ0v) is 17.0. The minimum atomic E-state index is -3.80. The minimum absolute atomic E-state index is 0.149. The second-order valence-corrected chi connectivity index (χ2v) is 8.50. The Bertz CT molecular complexity index is 1140. The van der Waals surface area contributed by atoms with Gasteiger partial charge >= 0.3 is 0 Å². The maximum Gasteiger partial charge on any atom is 0.282 e. The lowest BCUT2D eigenvalue weighted by molar-refractivity contribution is -0.115. The van der Waals surface area contributed by atoms with Gasteiger partial charge in [0.05, 0.1) is 23.3 Å². The van der Waals surface area contributed by atoms with Crippen LogP contribution in [0, 0.1) is 0 Å². The van der Waals surface area contributed by atoms with Gasteiger partial charge < -0.3 is 0 Å². The molecule has 0 bridgehead atoms. The third-order valence-corrected chi connectivity index (χ3v) is 5.42. The maximum atomic E-state index is 13.2. The third kappa shape index (κ3) is 4.46.